The standard InChI is InChI=1S/C18H12N2O3/c1-10(21)19-18-14-8-7-12-4-2-3-11-5-6-13(17(14)16(11)12)9-15(18)20(22)23/h2-9H,1H3,(H,19,21). The number of anilines is 1. The predicted octanol–water partition coefficient (Wildman–Crippen LogP) is 4.45. The molecule has 23 heavy (non-hydrogen) atoms. The van der Waals surface area contributed by atoms with Crippen LogP contribution in [0.5, 0.6) is 0 Å². The van der Waals surface area contributed by atoms with E-state index in [0.717, 1.165) is 26.9 Å². The third-order valence-corrected chi connectivity index (χ3v) is 4.12. The highest BCUT2D eigenvalue weighted by atomic mass is 16.6. The van der Waals surface area contributed by atoms with Gasteiger partial charge in [-0.25, -0.2) is 0 Å². The molecule has 0 saturated heterocycles. The number of nitrogens with one attached hydrogen (secondary N) is 1. The summed E-state index contributed by atoms with van der Waals surface area (Å²) in [5.41, 5.74) is 0.166. The van der Waals surface area contributed by atoms with Gasteiger partial charge >= 0.3 is 0 Å². The first-order valence-electron chi connectivity index (χ1n) is 7.19. The number of hydrogen-bond acceptors (Lipinski definition) is 3. The summed E-state index contributed by atoms with van der Waals surface area (Å²) in [4.78, 5) is 22.5. The van der Waals surface area contributed by atoms with Crippen LogP contribution in [-0.4, -0.2) is 10.8 Å². The van der Waals surface area contributed by atoms with Gasteiger partial charge in [-0.3, -0.25) is 14.9 Å². The third kappa shape index (κ3) is 1.90. The summed E-state index contributed by atoms with van der Waals surface area (Å²) >= 11 is 0. The molecule has 4 rings (SSSR count). The summed E-state index contributed by atoms with van der Waals surface area (Å²) in [5, 5.41) is 19.7. The molecule has 0 aliphatic carbocycles. The molecule has 4 aromatic carbocycles. The lowest BCUT2D eigenvalue weighted by molar-refractivity contribution is -0.383. The molecule has 0 atom stereocenters. The van der Waals surface area contributed by atoms with Crippen LogP contribution in [0.2, 0.25) is 0 Å². The SMILES string of the molecule is CC(=O)Nc1c([N+](=O)[O-])cc2ccc3cccc4ccc1c2c34. The van der Waals surface area contributed by atoms with Crippen LogP contribution in [0.1, 0.15) is 6.92 Å². The number of hydrogen-bond donors (Lipinski definition) is 1. The average Bonchev–Trinajstić information content (AvgIpc) is 2.53. The van der Waals surface area contributed by atoms with E-state index in [1.165, 1.54) is 13.0 Å². The molecule has 0 saturated carbocycles. The van der Waals surface area contributed by atoms with Crippen LogP contribution < -0.4 is 5.32 Å². The Morgan fingerprint density at radius 2 is 1.65 bits per heavy atom. The smallest absolute Gasteiger partial charge is 0.294 e. The fourth-order valence-corrected chi connectivity index (χ4v) is 3.25. The van der Waals surface area contributed by atoms with Gasteiger partial charge in [-0.2, -0.15) is 0 Å². The number of amides is 1. The minimum Gasteiger partial charge on any atom is -0.320 e. The average molecular weight is 304 g/mol. The van der Waals surface area contributed by atoms with Crippen molar-refractivity contribution in [3.05, 3.63) is 58.6 Å². The molecule has 0 heterocycles. The highest BCUT2D eigenvalue weighted by molar-refractivity contribution is 6.27. The fraction of sp³-hybridized carbons (Fsp3) is 0.0556. The van der Waals surface area contributed by atoms with E-state index in [4.69, 9.17) is 0 Å². The Hall–Kier alpha value is -3.21. The van der Waals surface area contributed by atoms with Gasteiger partial charge in [0.25, 0.3) is 5.69 Å². The van der Waals surface area contributed by atoms with Crippen LogP contribution in [0.15, 0.2) is 48.5 Å². The van der Waals surface area contributed by atoms with E-state index in [2.05, 4.69) is 5.32 Å². The molecule has 112 valence electrons. The second-order valence-electron chi connectivity index (χ2n) is 5.57. The van der Waals surface area contributed by atoms with Gasteiger partial charge in [-0.05, 0) is 26.9 Å². The zero-order valence-electron chi connectivity index (χ0n) is 12.3. The van der Waals surface area contributed by atoms with Crippen molar-refractivity contribution in [2.24, 2.45) is 0 Å². The van der Waals surface area contributed by atoms with Crippen molar-refractivity contribution >= 4 is 49.6 Å². The van der Waals surface area contributed by atoms with E-state index in [9.17, 15) is 14.9 Å². The molecule has 0 aliphatic heterocycles. The minimum absolute atomic E-state index is 0.0916. The van der Waals surface area contributed by atoms with Crippen molar-refractivity contribution in [1.29, 1.82) is 0 Å². The molecule has 0 aliphatic rings. The molecule has 4 aromatic rings. The maximum Gasteiger partial charge on any atom is 0.294 e. The van der Waals surface area contributed by atoms with Crippen molar-refractivity contribution in [1.82, 2.24) is 0 Å². The number of carbonyl (C=O) groups is 1. The van der Waals surface area contributed by atoms with Gasteiger partial charge < -0.3 is 5.32 Å². The number of nitrogens with zero attached hydrogens (tertiary/aromatic N) is 1. The highest BCUT2D eigenvalue weighted by Crippen LogP contribution is 2.42. The molecule has 1 N–H and O–H groups in total. The van der Waals surface area contributed by atoms with Crippen LogP contribution in [0.3, 0.4) is 0 Å². The van der Waals surface area contributed by atoms with Gasteiger partial charge in [0.1, 0.15) is 5.69 Å². The van der Waals surface area contributed by atoms with E-state index in [0.29, 0.717) is 5.39 Å². The van der Waals surface area contributed by atoms with Gasteiger partial charge in [0.15, 0.2) is 0 Å². The lowest BCUT2D eigenvalue weighted by Gasteiger charge is -2.14. The third-order valence-electron chi connectivity index (χ3n) is 4.12. The number of rotatable bonds is 2. The summed E-state index contributed by atoms with van der Waals surface area (Å²) in [6.07, 6.45) is 0. The molecular weight excluding hydrogens is 292 g/mol. The Balaban J connectivity index is 2.26. The number of carbonyl (C=O) groups excluding carboxylic acids is 1. The molecule has 0 aromatic heterocycles. The van der Waals surface area contributed by atoms with Crippen molar-refractivity contribution in [2.45, 2.75) is 6.92 Å². The van der Waals surface area contributed by atoms with E-state index in [-0.39, 0.29) is 17.3 Å². The van der Waals surface area contributed by atoms with Crippen LogP contribution in [0.25, 0.3) is 32.3 Å². The quantitative estimate of drug-likeness (QED) is 0.338. The lowest BCUT2D eigenvalue weighted by atomic mass is 9.93. The van der Waals surface area contributed by atoms with Crippen LogP contribution in [0, 0.1) is 10.1 Å². The Morgan fingerprint density at radius 3 is 2.30 bits per heavy atom. The van der Waals surface area contributed by atoms with Crippen molar-refractivity contribution in [3.8, 4) is 0 Å². The second-order valence-corrected chi connectivity index (χ2v) is 5.57. The summed E-state index contributed by atoms with van der Waals surface area (Å²) in [6.45, 7) is 1.35. The zero-order valence-corrected chi connectivity index (χ0v) is 12.3. The first kappa shape index (κ1) is 13.5. The molecule has 0 bridgehead atoms. The number of benzene rings is 4. The normalized spacial score (nSPS) is 11.3. The zero-order chi connectivity index (χ0) is 16.1. The topological polar surface area (TPSA) is 72.2 Å². The predicted molar refractivity (Wildman–Crippen MR) is 91.1 cm³/mol. The van der Waals surface area contributed by atoms with E-state index >= 15 is 0 Å². The van der Waals surface area contributed by atoms with Crippen molar-refractivity contribution in [3.63, 3.8) is 0 Å². The molecule has 5 nitrogen and oxygen atoms in total. The summed E-state index contributed by atoms with van der Waals surface area (Å²) < 4.78 is 0. The lowest BCUT2D eigenvalue weighted by Crippen LogP contribution is -2.09. The Morgan fingerprint density at radius 1 is 1.00 bits per heavy atom. The van der Waals surface area contributed by atoms with Gasteiger partial charge in [0.2, 0.25) is 5.91 Å². The first-order chi connectivity index (χ1) is 11.1. The highest BCUT2D eigenvalue weighted by Gasteiger charge is 2.21. The molecular formula is C18H12N2O3. The first-order valence-corrected chi connectivity index (χ1v) is 7.19. The maximum atomic E-state index is 11.5. The summed E-state index contributed by atoms with van der Waals surface area (Å²) in [7, 11) is 0. The number of nitro groups is 1. The molecule has 0 spiro atoms. The van der Waals surface area contributed by atoms with E-state index in [1.54, 1.807) is 0 Å². The van der Waals surface area contributed by atoms with Crippen LogP contribution >= 0.6 is 0 Å². The fourth-order valence-electron chi connectivity index (χ4n) is 3.25. The second kappa shape index (κ2) is 4.64. The van der Waals surface area contributed by atoms with Crippen molar-refractivity contribution in [2.75, 3.05) is 5.32 Å². The van der Waals surface area contributed by atoms with Gasteiger partial charge in [0.05, 0.1) is 4.92 Å². The molecule has 1 amide bonds. The summed E-state index contributed by atoms with van der Waals surface area (Å²) in [6, 6.07) is 15.2. The van der Waals surface area contributed by atoms with Gasteiger partial charge in [-0.15, -0.1) is 0 Å². The van der Waals surface area contributed by atoms with Gasteiger partial charge in [0, 0.05) is 18.4 Å². The number of nitro benzene ring substituents is 1. The van der Waals surface area contributed by atoms with Crippen LogP contribution in [-0.2, 0) is 4.79 Å². The van der Waals surface area contributed by atoms with Crippen LogP contribution in [0.4, 0.5) is 11.4 Å². The monoisotopic (exact) mass is 304 g/mol. The minimum atomic E-state index is -0.459. The van der Waals surface area contributed by atoms with Gasteiger partial charge in [-0.1, -0.05) is 42.5 Å². The van der Waals surface area contributed by atoms with E-state index < -0.39 is 4.92 Å². The van der Waals surface area contributed by atoms with Crippen molar-refractivity contribution < 1.29 is 9.72 Å². The molecule has 0 unspecified atom stereocenters. The maximum absolute atomic E-state index is 11.5. The molecule has 0 fully saturated rings. The Kier molecular flexibility index (Phi) is 2.72. The molecule has 0 radical (unpaired) electrons. The Labute approximate surface area is 131 Å². The largest absolute Gasteiger partial charge is 0.320 e. The Bertz CT molecular complexity index is 1090. The van der Waals surface area contributed by atoms with E-state index in [1.807, 2.05) is 42.5 Å². The summed E-state index contributed by atoms with van der Waals surface area (Å²) in [5.74, 6) is -0.330. The molecule has 5 heteroatoms.